The summed E-state index contributed by atoms with van der Waals surface area (Å²) >= 11 is 0. The summed E-state index contributed by atoms with van der Waals surface area (Å²) in [6.07, 6.45) is 5.91. The first kappa shape index (κ1) is 19.2. The highest BCUT2D eigenvalue weighted by Crippen LogP contribution is 2.60. The van der Waals surface area contributed by atoms with Gasteiger partial charge < -0.3 is 4.74 Å². The van der Waals surface area contributed by atoms with Crippen LogP contribution < -0.4 is 0 Å². The Morgan fingerprint density at radius 1 is 1.00 bits per heavy atom. The highest BCUT2D eigenvalue weighted by atomic mass is 32.2. The summed E-state index contributed by atoms with van der Waals surface area (Å²) in [5.41, 5.74) is 0.312. The molecule has 4 aliphatic rings. The van der Waals surface area contributed by atoms with E-state index in [1.165, 1.54) is 12.8 Å². The molecular weight excluding hydrogens is 344 g/mol. The molecule has 4 heteroatoms. The van der Waals surface area contributed by atoms with Gasteiger partial charge in [-0.3, -0.25) is 0 Å². The van der Waals surface area contributed by atoms with Crippen LogP contribution in [-0.4, -0.2) is 32.6 Å². The lowest BCUT2D eigenvalue weighted by Crippen LogP contribution is -2.36. The van der Waals surface area contributed by atoms with Crippen molar-refractivity contribution >= 4 is 9.84 Å². The summed E-state index contributed by atoms with van der Waals surface area (Å²) in [6, 6.07) is 0. The van der Waals surface area contributed by atoms with E-state index in [1.807, 2.05) is 0 Å². The Hall–Kier alpha value is -0.0900. The molecule has 2 saturated carbocycles. The monoisotopic (exact) mass is 382 g/mol. The van der Waals surface area contributed by atoms with Crippen molar-refractivity contribution in [2.24, 2.45) is 46.3 Å². The van der Waals surface area contributed by atoms with Gasteiger partial charge in [0.05, 0.1) is 17.6 Å². The fraction of sp³-hybridized carbons (Fsp3) is 1.00. The second-order valence-electron chi connectivity index (χ2n) is 11.0. The van der Waals surface area contributed by atoms with Crippen LogP contribution in [0.2, 0.25) is 0 Å². The van der Waals surface area contributed by atoms with Crippen LogP contribution in [-0.2, 0) is 14.6 Å². The number of ether oxygens (including phenoxy) is 1. The van der Waals surface area contributed by atoms with Crippen LogP contribution in [0.4, 0.5) is 0 Å². The molecule has 0 aromatic rings. The van der Waals surface area contributed by atoms with E-state index >= 15 is 0 Å². The molecule has 0 aromatic carbocycles. The molecular formula is C22H38O3S. The van der Waals surface area contributed by atoms with E-state index in [-0.39, 0.29) is 10.7 Å². The van der Waals surface area contributed by atoms with Gasteiger partial charge in [0.2, 0.25) is 0 Å². The van der Waals surface area contributed by atoms with E-state index in [1.54, 1.807) is 0 Å². The van der Waals surface area contributed by atoms with Crippen molar-refractivity contribution in [3.8, 4) is 0 Å². The quantitative estimate of drug-likeness (QED) is 0.716. The van der Waals surface area contributed by atoms with Crippen molar-refractivity contribution in [2.45, 2.75) is 72.0 Å². The molecule has 8 atom stereocenters. The maximum Gasteiger partial charge on any atom is 0.154 e. The molecule has 2 aliphatic heterocycles. The lowest BCUT2D eigenvalue weighted by atomic mass is 9.66. The van der Waals surface area contributed by atoms with Gasteiger partial charge in [0, 0.05) is 6.61 Å². The second-order valence-corrected chi connectivity index (χ2v) is 13.1. The normalized spacial score (nSPS) is 50.9. The molecule has 26 heavy (non-hydrogen) atoms. The standard InChI is InChI=1S/C22H38O3S/c1-14(2)22(5)13-26(23,24)20-16(6-7-18(20)22)10-15(3)21(4)9-8-17-11-25-12-19(17)21/h14-20H,6-13H2,1-5H3. The lowest BCUT2D eigenvalue weighted by molar-refractivity contribution is 0.0786. The smallest absolute Gasteiger partial charge is 0.154 e. The van der Waals surface area contributed by atoms with Crippen molar-refractivity contribution in [3.05, 3.63) is 0 Å². The van der Waals surface area contributed by atoms with Gasteiger partial charge in [-0.05, 0) is 78.4 Å². The average molecular weight is 383 g/mol. The van der Waals surface area contributed by atoms with E-state index in [2.05, 4.69) is 34.6 Å². The van der Waals surface area contributed by atoms with Gasteiger partial charge >= 0.3 is 0 Å². The van der Waals surface area contributed by atoms with Crippen LogP contribution in [0.25, 0.3) is 0 Å². The zero-order valence-electron chi connectivity index (χ0n) is 17.3. The first-order chi connectivity index (χ1) is 12.1. The van der Waals surface area contributed by atoms with Crippen molar-refractivity contribution in [3.63, 3.8) is 0 Å². The maximum absolute atomic E-state index is 13.1. The van der Waals surface area contributed by atoms with E-state index in [4.69, 9.17) is 4.74 Å². The third kappa shape index (κ3) is 2.64. The largest absolute Gasteiger partial charge is 0.381 e. The molecule has 0 spiro atoms. The molecule has 0 amide bonds. The summed E-state index contributed by atoms with van der Waals surface area (Å²) in [4.78, 5) is 0. The highest BCUT2D eigenvalue weighted by Gasteiger charge is 2.61. The summed E-state index contributed by atoms with van der Waals surface area (Å²) in [7, 11) is -2.96. The minimum Gasteiger partial charge on any atom is -0.381 e. The predicted octanol–water partition coefficient (Wildman–Crippen LogP) is 4.56. The van der Waals surface area contributed by atoms with Gasteiger partial charge in [0.15, 0.2) is 9.84 Å². The predicted molar refractivity (Wildman–Crippen MR) is 106 cm³/mol. The van der Waals surface area contributed by atoms with E-state index in [9.17, 15) is 8.42 Å². The van der Waals surface area contributed by atoms with Crippen molar-refractivity contribution in [1.82, 2.24) is 0 Å². The lowest BCUT2D eigenvalue weighted by Gasteiger charge is -2.39. The summed E-state index contributed by atoms with van der Waals surface area (Å²) < 4.78 is 32.0. The molecule has 2 saturated heterocycles. The summed E-state index contributed by atoms with van der Waals surface area (Å²) in [5.74, 6) is 3.63. The Balaban J connectivity index is 1.53. The number of rotatable bonds is 4. The molecule has 2 aliphatic carbocycles. The van der Waals surface area contributed by atoms with Gasteiger partial charge in [-0.2, -0.15) is 0 Å². The minimum absolute atomic E-state index is 0.0247. The average Bonchev–Trinajstić information content (AvgIpc) is 3.26. The molecule has 4 fully saturated rings. The third-order valence-electron chi connectivity index (χ3n) is 9.68. The van der Waals surface area contributed by atoms with Crippen molar-refractivity contribution in [1.29, 1.82) is 0 Å². The Labute approximate surface area is 160 Å². The topological polar surface area (TPSA) is 43.4 Å². The first-order valence-corrected chi connectivity index (χ1v) is 12.6. The second kappa shape index (κ2) is 6.20. The summed E-state index contributed by atoms with van der Waals surface area (Å²) in [6.45, 7) is 13.4. The van der Waals surface area contributed by atoms with Crippen molar-refractivity contribution < 1.29 is 13.2 Å². The maximum atomic E-state index is 13.1. The van der Waals surface area contributed by atoms with Crippen LogP contribution in [0.5, 0.6) is 0 Å². The van der Waals surface area contributed by atoms with E-state index < -0.39 is 9.84 Å². The Kier molecular flexibility index (Phi) is 4.59. The minimum atomic E-state index is -2.96. The van der Waals surface area contributed by atoms with Crippen LogP contribution in [0.3, 0.4) is 0 Å². The Morgan fingerprint density at radius 3 is 2.42 bits per heavy atom. The third-order valence-corrected chi connectivity index (χ3v) is 12.3. The number of hydrogen-bond acceptors (Lipinski definition) is 3. The van der Waals surface area contributed by atoms with Gasteiger partial charge in [0.25, 0.3) is 0 Å². The number of hydrogen-bond donors (Lipinski definition) is 0. The molecule has 150 valence electrons. The molecule has 0 aromatic heterocycles. The molecule has 2 heterocycles. The summed E-state index contributed by atoms with van der Waals surface area (Å²) in [5, 5.41) is -0.0713. The van der Waals surface area contributed by atoms with Gasteiger partial charge in [-0.15, -0.1) is 0 Å². The zero-order valence-corrected chi connectivity index (χ0v) is 18.1. The fourth-order valence-electron chi connectivity index (χ4n) is 7.41. The van der Waals surface area contributed by atoms with Crippen LogP contribution in [0.1, 0.15) is 66.7 Å². The SMILES string of the molecule is CC(C)C1(C)CS(=O)(=O)C2C(CC(C)C3(C)CCC4COCC43)CCC21. The molecule has 4 rings (SSSR count). The zero-order chi connectivity index (χ0) is 18.9. The first-order valence-electron chi connectivity index (χ1n) is 10.9. The highest BCUT2D eigenvalue weighted by molar-refractivity contribution is 7.92. The van der Waals surface area contributed by atoms with Gasteiger partial charge in [-0.1, -0.05) is 34.6 Å². The van der Waals surface area contributed by atoms with Crippen molar-refractivity contribution in [2.75, 3.05) is 19.0 Å². The molecule has 0 bridgehead atoms. The molecule has 3 nitrogen and oxygen atoms in total. The number of fused-ring (bicyclic) bond motifs is 2. The van der Waals surface area contributed by atoms with Gasteiger partial charge in [-0.25, -0.2) is 8.42 Å². The Bertz CT molecular complexity index is 656. The Morgan fingerprint density at radius 2 is 1.73 bits per heavy atom. The van der Waals surface area contributed by atoms with E-state index in [0.29, 0.717) is 40.8 Å². The van der Waals surface area contributed by atoms with Crippen LogP contribution in [0.15, 0.2) is 0 Å². The van der Waals surface area contributed by atoms with Gasteiger partial charge in [0.1, 0.15) is 0 Å². The molecule has 8 unspecified atom stereocenters. The van der Waals surface area contributed by atoms with Crippen LogP contribution in [0, 0.1) is 46.3 Å². The molecule has 0 radical (unpaired) electrons. The fourth-order valence-corrected chi connectivity index (χ4v) is 10.8. The molecule has 0 N–H and O–H groups in total. The number of sulfone groups is 1. The van der Waals surface area contributed by atoms with Crippen LogP contribution >= 0.6 is 0 Å². The van der Waals surface area contributed by atoms with E-state index in [0.717, 1.165) is 38.4 Å².